The van der Waals surface area contributed by atoms with Crippen LogP contribution in [0.3, 0.4) is 0 Å². The quantitative estimate of drug-likeness (QED) is 0.798. The van der Waals surface area contributed by atoms with Crippen LogP contribution in [0.5, 0.6) is 11.5 Å². The Hall–Kier alpha value is -2.04. The van der Waals surface area contributed by atoms with Crippen LogP contribution in [0.1, 0.15) is 12.5 Å². The number of hydrogen-bond donors (Lipinski definition) is 0. The maximum absolute atomic E-state index is 5.43. The fraction of sp³-hybridized carbons (Fsp3) is 0.385. The van der Waals surface area contributed by atoms with Gasteiger partial charge in [0.1, 0.15) is 17.4 Å². The van der Waals surface area contributed by atoms with E-state index in [-0.39, 0.29) is 0 Å². The van der Waals surface area contributed by atoms with Crippen molar-refractivity contribution in [2.24, 2.45) is 9.98 Å². The summed E-state index contributed by atoms with van der Waals surface area (Å²) < 4.78 is 10.7. The summed E-state index contributed by atoms with van der Waals surface area (Å²) in [5, 5.41) is 0. The summed E-state index contributed by atoms with van der Waals surface area (Å²) in [7, 11) is 3.26. The summed E-state index contributed by atoms with van der Waals surface area (Å²) in [4.78, 5) is 11.3. The molecule has 0 unspecified atom stereocenters. The fourth-order valence-electron chi connectivity index (χ4n) is 2.42. The van der Waals surface area contributed by atoms with Gasteiger partial charge in [0, 0.05) is 12.1 Å². The van der Waals surface area contributed by atoms with Gasteiger partial charge in [-0.05, 0) is 19.1 Å². The largest absolute Gasteiger partial charge is 0.493 e. The molecule has 3 rings (SSSR count). The van der Waals surface area contributed by atoms with E-state index in [1.165, 1.54) is 0 Å². The zero-order valence-corrected chi connectivity index (χ0v) is 10.7. The van der Waals surface area contributed by atoms with E-state index < -0.39 is 0 Å². The van der Waals surface area contributed by atoms with Crippen molar-refractivity contribution in [3.05, 3.63) is 17.7 Å². The van der Waals surface area contributed by atoms with Crippen molar-refractivity contribution in [2.45, 2.75) is 6.92 Å². The molecule has 5 nitrogen and oxygen atoms in total. The van der Waals surface area contributed by atoms with Gasteiger partial charge in [0.15, 0.2) is 11.5 Å². The van der Waals surface area contributed by atoms with Crippen LogP contribution in [0, 0.1) is 0 Å². The van der Waals surface area contributed by atoms with E-state index in [1.807, 2.05) is 19.1 Å². The van der Waals surface area contributed by atoms with Gasteiger partial charge in [-0.15, -0.1) is 0 Å². The lowest BCUT2D eigenvalue weighted by atomic mass is 10.1. The van der Waals surface area contributed by atoms with Gasteiger partial charge < -0.3 is 14.4 Å². The van der Waals surface area contributed by atoms with Crippen LogP contribution in [-0.4, -0.2) is 43.9 Å². The van der Waals surface area contributed by atoms with Gasteiger partial charge in [0.25, 0.3) is 0 Å². The van der Waals surface area contributed by atoms with E-state index >= 15 is 0 Å². The Labute approximate surface area is 106 Å². The van der Waals surface area contributed by atoms with E-state index in [0.717, 1.165) is 36.0 Å². The molecule has 1 aromatic rings. The molecule has 2 heterocycles. The van der Waals surface area contributed by atoms with Crippen LogP contribution in [-0.2, 0) is 0 Å². The topological polar surface area (TPSA) is 46.4 Å². The lowest BCUT2D eigenvalue weighted by molar-refractivity contribution is 0.355. The standard InChI is InChI=1S/C13H15N3O2/c1-8-15-11-9(13-14-6-7-16(8)13)4-5-10(17-2)12(11)18-3/h4-5H,6-7H2,1-3H3. The smallest absolute Gasteiger partial charge is 0.187 e. The highest BCUT2D eigenvalue weighted by Gasteiger charge is 2.30. The van der Waals surface area contributed by atoms with Crippen LogP contribution in [0.15, 0.2) is 22.1 Å². The van der Waals surface area contributed by atoms with E-state index in [9.17, 15) is 0 Å². The average Bonchev–Trinajstić information content (AvgIpc) is 2.87. The van der Waals surface area contributed by atoms with Gasteiger partial charge >= 0.3 is 0 Å². The van der Waals surface area contributed by atoms with Crippen molar-refractivity contribution in [1.82, 2.24) is 4.90 Å². The average molecular weight is 245 g/mol. The second-order valence-electron chi connectivity index (χ2n) is 4.21. The third kappa shape index (κ3) is 1.40. The Morgan fingerprint density at radius 3 is 2.78 bits per heavy atom. The predicted molar refractivity (Wildman–Crippen MR) is 70.4 cm³/mol. The zero-order chi connectivity index (χ0) is 12.7. The maximum atomic E-state index is 5.43. The molecule has 0 saturated carbocycles. The summed E-state index contributed by atoms with van der Waals surface area (Å²) in [5.74, 6) is 3.30. The second kappa shape index (κ2) is 4.01. The maximum Gasteiger partial charge on any atom is 0.187 e. The molecule has 18 heavy (non-hydrogen) atoms. The van der Waals surface area contributed by atoms with Crippen molar-refractivity contribution < 1.29 is 9.47 Å². The van der Waals surface area contributed by atoms with E-state index in [1.54, 1.807) is 14.2 Å². The lowest BCUT2D eigenvalue weighted by Crippen LogP contribution is -2.35. The molecule has 0 aliphatic carbocycles. The fourth-order valence-corrected chi connectivity index (χ4v) is 2.42. The Morgan fingerprint density at radius 1 is 1.22 bits per heavy atom. The van der Waals surface area contributed by atoms with Crippen LogP contribution in [0.25, 0.3) is 0 Å². The van der Waals surface area contributed by atoms with Gasteiger partial charge in [0.2, 0.25) is 0 Å². The van der Waals surface area contributed by atoms with Crippen molar-refractivity contribution in [2.75, 3.05) is 27.3 Å². The first kappa shape index (κ1) is 11.1. The number of hydrogen-bond acceptors (Lipinski definition) is 5. The minimum absolute atomic E-state index is 0.670. The molecule has 0 bridgehead atoms. The number of methoxy groups -OCH3 is 2. The number of nitrogens with zero attached hydrogens (tertiary/aromatic N) is 3. The molecule has 2 aliphatic heterocycles. The zero-order valence-electron chi connectivity index (χ0n) is 10.7. The molecule has 94 valence electrons. The number of rotatable bonds is 2. The van der Waals surface area contributed by atoms with Gasteiger partial charge in [-0.1, -0.05) is 0 Å². The Morgan fingerprint density at radius 2 is 2.06 bits per heavy atom. The van der Waals surface area contributed by atoms with Crippen molar-refractivity contribution >= 4 is 17.4 Å². The monoisotopic (exact) mass is 245 g/mol. The summed E-state index contributed by atoms with van der Waals surface area (Å²) in [6, 6.07) is 3.89. The van der Waals surface area contributed by atoms with E-state index in [4.69, 9.17) is 9.47 Å². The molecule has 0 N–H and O–H groups in total. The van der Waals surface area contributed by atoms with Crippen molar-refractivity contribution in [3.63, 3.8) is 0 Å². The molecule has 2 aliphatic rings. The Bertz CT molecular complexity index is 564. The Balaban J connectivity index is 2.25. The molecule has 5 heteroatoms. The summed E-state index contributed by atoms with van der Waals surface area (Å²) >= 11 is 0. The molecule has 0 amide bonds. The number of amidine groups is 2. The number of ether oxygens (including phenoxy) is 2. The highest BCUT2D eigenvalue weighted by Crippen LogP contribution is 2.42. The van der Waals surface area contributed by atoms with Crippen molar-refractivity contribution in [3.8, 4) is 11.5 Å². The molecule has 1 aromatic carbocycles. The number of fused-ring (bicyclic) bond motifs is 3. The molecular formula is C13H15N3O2. The summed E-state index contributed by atoms with van der Waals surface area (Å²) in [6.07, 6.45) is 0. The molecule has 0 saturated heterocycles. The van der Waals surface area contributed by atoms with E-state index in [0.29, 0.717) is 11.5 Å². The van der Waals surface area contributed by atoms with Crippen molar-refractivity contribution in [1.29, 1.82) is 0 Å². The second-order valence-corrected chi connectivity index (χ2v) is 4.21. The molecule has 0 fully saturated rings. The first-order chi connectivity index (χ1) is 8.76. The molecule has 0 radical (unpaired) electrons. The molecule has 0 atom stereocenters. The lowest BCUT2D eigenvalue weighted by Gasteiger charge is -2.26. The SMILES string of the molecule is COc1ccc2c(c1OC)N=C(C)N1CCN=C21. The first-order valence-corrected chi connectivity index (χ1v) is 5.89. The van der Waals surface area contributed by atoms with Gasteiger partial charge in [-0.2, -0.15) is 0 Å². The normalized spacial score (nSPS) is 16.7. The highest BCUT2D eigenvalue weighted by molar-refractivity contribution is 6.16. The minimum Gasteiger partial charge on any atom is -0.493 e. The first-order valence-electron chi connectivity index (χ1n) is 5.89. The minimum atomic E-state index is 0.670. The van der Waals surface area contributed by atoms with Gasteiger partial charge in [0.05, 0.1) is 20.8 Å². The molecule has 0 aromatic heterocycles. The summed E-state index contributed by atoms with van der Waals surface area (Å²) in [6.45, 7) is 3.71. The van der Waals surface area contributed by atoms with Crippen LogP contribution in [0.2, 0.25) is 0 Å². The summed E-state index contributed by atoms with van der Waals surface area (Å²) in [5.41, 5.74) is 1.82. The molecular weight excluding hydrogens is 230 g/mol. The van der Waals surface area contributed by atoms with Crippen LogP contribution in [0.4, 0.5) is 5.69 Å². The van der Waals surface area contributed by atoms with Gasteiger partial charge in [-0.25, -0.2) is 4.99 Å². The van der Waals surface area contributed by atoms with Crippen LogP contribution >= 0.6 is 0 Å². The highest BCUT2D eigenvalue weighted by atomic mass is 16.5. The predicted octanol–water partition coefficient (Wildman–Crippen LogP) is 1.83. The Kier molecular flexibility index (Phi) is 2.47. The van der Waals surface area contributed by atoms with E-state index in [2.05, 4.69) is 14.9 Å². The number of aliphatic imine (C=N–C) groups is 2. The third-order valence-electron chi connectivity index (χ3n) is 3.27. The van der Waals surface area contributed by atoms with Gasteiger partial charge in [-0.3, -0.25) is 4.99 Å². The third-order valence-corrected chi connectivity index (χ3v) is 3.27. The van der Waals surface area contributed by atoms with Crippen LogP contribution < -0.4 is 9.47 Å². The molecule has 0 spiro atoms. The number of benzene rings is 1.